The lowest BCUT2D eigenvalue weighted by Crippen LogP contribution is -2.05. The van der Waals surface area contributed by atoms with Crippen molar-refractivity contribution >= 4 is 27.3 Å². The lowest BCUT2D eigenvalue weighted by atomic mass is 10.2. The Morgan fingerprint density at radius 1 is 1.23 bits per heavy atom. The zero-order valence-electron chi connectivity index (χ0n) is 12.1. The molecule has 1 fully saturated rings. The molecule has 22 heavy (non-hydrogen) atoms. The highest BCUT2D eigenvalue weighted by Crippen LogP contribution is 2.38. The van der Waals surface area contributed by atoms with Gasteiger partial charge in [-0.25, -0.2) is 18.4 Å². The maximum absolute atomic E-state index is 11.4. The minimum atomic E-state index is -3.16. The number of benzene rings is 1. The summed E-state index contributed by atoms with van der Waals surface area (Å²) in [5.74, 6) is 1.92. The van der Waals surface area contributed by atoms with E-state index in [0.29, 0.717) is 28.3 Å². The Morgan fingerprint density at radius 3 is 2.50 bits per heavy atom. The highest BCUT2D eigenvalue weighted by atomic mass is 35.5. The fourth-order valence-corrected chi connectivity index (χ4v) is 2.92. The lowest BCUT2D eigenvalue weighted by molar-refractivity contribution is 0.602. The number of anilines is 1. The van der Waals surface area contributed by atoms with Crippen LogP contribution in [0.5, 0.6) is 0 Å². The van der Waals surface area contributed by atoms with Crippen molar-refractivity contribution in [3.63, 3.8) is 0 Å². The van der Waals surface area contributed by atoms with Gasteiger partial charge in [0.2, 0.25) is 0 Å². The van der Waals surface area contributed by atoms with E-state index < -0.39 is 9.84 Å². The first-order valence-electron chi connectivity index (χ1n) is 6.99. The molecule has 1 aliphatic rings. The molecule has 1 aliphatic carbocycles. The second-order valence-corrected chi connectivity index (χ2v) is 7.88. The Morgan fingerprint density at radius 2 is 1.91 bits per heavy atom. The number of halogens is 1. The van der Waals surface area contributed by atoms with E-state index in [1.54, 1.807) is 30.3 Å². The molecule has 0 saturated heterocycles. The van der Waals surface area contributed by atoms with Gasteiger partial charge in [0.05, 0.1) is 4.90 Å². The molecule has 0 bridgehead atoms. The average molecular weight is 338 g/mol. The van der Waals surface area contributed by atoms with Crippen molar-refractivity contribution in [3.8, 4) is 0 Å². The second-order valence-electron chi connectivity index (χ2n) is 5.48. The molecule has 0 radical (unpaired) electrons. The monoisotopic (exact) mass is 337 g/mol. The van der Waals surface area contributed by atoms with Crippen LogP contribution in [-0.2, 0) is 16.4 Å². The summed E-state index contributed by atoms with van der Waals surface area (Å²) in [6.07, 6.45) is 3.43. The predicted octanol–water partition coefficient (Wildman–Crippen LogP) is 3.02. The van der Waals surface area contributed by atoms with Crippen molar-refractivity contribution in [1.29, 1.82) is 0 Å². The first-order valence-corrected chi connectivity index (χ1v) is 9.26. The summed E-state index contributed by atoms with van der Waals surface area (Å²) < 4.78 is 22.8. The number of hydrogen-bond donors (Lipinski definition) is 1. The Kier molecular flexibility index (Phi) is 4.06. The number of sulfone groups is 1. The van der Waals surface area contributed by atoms with Gasteiger partial charge in [0.25, 0.3) is 0 Å². The van der Waals surface area contributed by atoms with Crippen molar-refractivity contribution in [1.82, 2.24) is 9.97 Å². The molecule has 0 spiro atoms. The van der Waals surface area contributed by atoms with Crippen LogP contribution in [0.15, 0.2) is 35.2 Å². The van der Waals surface area contributed by atoms with E-state index in [9.17, 15) is 8.42 Å². The van der Waals surface area contributed by atoms with E-state index in [1.165, 1.54) is 6.26 Å². The number of aromatic nitrogens is 2. The molecule has 2 aromatic rings. The number of nitrogens with zero attached hydrogens (tertiary/aromatic N) is 2. The van der Waals surface area contributed by atoms with Crippen LogP contribution in [0.3, 0.4) is 0 Å². The van der Waals surface area contributed by atoms with Gasteiger partial charge in [-0.1, -0.05) is 23.7 Å². The average Bonchev–Trinajstić information content (AvgIpc) is 3.29. The largest absolute Gasteiger partial charge is 0.366 e. The topological polar surface area (TPSA) is 72.0 Å². The molecule has 1 saturated carbocycles. The van der Waals surface area contributed by atoms with Gasteiger partial charge in [0, 0.05) is 24.8 Å². The maximum Gasteiger partial charge on any atom is 0.175 e. The summed E-state index contributed by atoms with van der Waals surface area (Å²) in [6, 6.07) is 8.48. The van der Waals surface area contributed by atoms with E-state index in [-0.39, 0.29) is 0 Å². The van der Waals surface area contributed by atoms with E-state index in [0.717, 1.165) is 24.2 Å². The van der Waals surface area contributed by atoms with Crippen LogP contribution in [0.4, 0.5) is 5.82 Å². The summed E-state index contributed by atoms with van der Waals surface area (Å²) in [5, 5.41) is 3.63. The molecule has 0 atom stereocenters. The van der Waals surface area contributed by atoms with Crippen molar-refractivity contribution in [3.05, 3.63) is 46.9 Å². The molecule has 0 unspecified atom stereocenters. The maximum atomic E-state index is 11.4. The van der Waals surface area contributed by atoms with Gasteiger partial charge in [-0.15, -0.1) is 0 Å². The molecule has 0 amide bonds. The molecule has 5 nitrogen and oxygen atoms in total. The Labute approximate surface area is 134 Å². The van der Waals surface area contributed by atoms with Crippen LogP contribution < -0.4 is 5.32 Å². The van der Waals surface area contributed by atoms with Crippen LogP contribution in [0.2, 0.25) is 5.15 Å². The quantitative estimate of drug-likeness (QED) is 0.849. The third-order valence-electron chi connectivity index (χ3n) is 3.48. The Hall–Kier alpha value is -1.66. The van der Waals surface area contributed by atoms with Crippen LogP contribution in [0, 0.1) is 0 Å². The van der Waals surface area contributed by atoms with Crippen LogP contribution in [0.1, 0.15) is 30.1 Å². The fraction of sp³-hybridized carbons (Fsp3) is 0.333. The van der Waals surface area contributed by atoms with Gasteiger partial charge in [-0.2, -0.15) is 0 Å². The van der Waals surface area contributed by atoms with Gasteiger partial charge in [0.15, 0.2) is 9.84 Å². The molecule has 1 N–H and O–H groups in total. The lowest BCUT2D eigenvalue weighted by Gasteiger charge is -2.08. The third kappa shape index (κ3) is 3.75. The third-order valence-corrected chi connectivity index (χ3v) is 4.80. The number of nitrogens with one attached hydrogen (secondary N) is 1. The summed E-state index contributed by atoms with van der Waals surface area (Å²) in [6.45, 7) is 0.543. The van der Waals surface area contributed by atoms with Gasteiger partial charge in [0.1, 0.15) is 16.8 Å². The van der Waals surface area contributed by atoms with Gasteiger partial charge < -0.3 is 5.32 Å². The zero-order chi connectivity index (χ0) is 15.7. The van der Waals surface area contributed by atoms with E-state index in [2.05, 4.69) is 15.3 Å². The molecule has 1 aromatic heterocycles. The minimum absolute atomic E-state index is 0.317. The van der Waals surface area contributed by atoms with E-state index >= 15 is 0 Å². The van der Waals surface area contributed by atoms with Crippen molar-refractivity contribution in [2.24, 2.45) is 0 Å². The van der Waals surface area contributed by atoms with Crippen molar-refractivity contribution in [2.75, 3.05) is 11.6 Å². The molecule has 116 valence electrons. The molecular weight excluding hydrogens is 322 g/mol. The standard InChI is InChI=1S/C15H16ClN3O2S/c1-22(20,21)12-6-2-10(3-7-12)9-17-14-8-13(16)18-15(19-14)11-4-5-11/h2-3,6-8,11H,4-5,9H2,1H3,(H,17,18,19). The highest BCUT2D eigenvalue weighted by molar-refractivity contribution is 7.90. The molecule has 0 aliphatic heterocycles. The second kappa shape index (κ2) is 5.85. The Balaban J connectivity index is 1.70. The predicted molar refractivity (Wildman–Crippen MR) is 85.9 cm³/mol. The van der Waals surface area contributed by atoms with Gasteiger partial charge in [-0.3, -0.25) is 0 Å². The first-order chi connectivity index (χ1) is 10.4. The fourth-order valence-electron chi connectivity index (χ4n) is 2.10. The van der Waals surface area contributed by atoms with Crippen LogP contribution in [0.25, 0.3) is 0 Å². The van der Waals surface area contributed by atoms with E-state index in [1.807, 2.05) is 0 Å². The van der Waals surface area contributed by atoms with Gasteiger partial charge >= 0.3 is 0 Å². The Bertz CT molecular complexity index is 787. The molecule has 1 aromatic carbocycles. The van der Waals surface area contributed by atoms with Crippen molar-refractivity contribution in [2.45, 2.75) is 30.2 Å². The summed E-state index contributed by atoms with van der Waals surface area (Å²) >= 11 is 6.02. The van der Waals surface area contributed by atoms with Crippen LogP contribution in [-0.4, -0.2) is 24.6 Å². The molecule has 3 rings (SSSR count). The normalized spacial score (nSPS) is 14.8. The molecule has 1 heterocycles. The smallest absolute Gasteiger partial charge is 0.175 e. The molecule has 7 heteroatoms. The zero-order valence-corrected chi connectivity index (χ0v) is 13.7. The van der Waals surface area contributed by atoms with Gasteiger partial charge in [-0.05, 0) is 30.5 Å². The number of hydrogen-bond acceptors (Lipinski definition) is 5. The minimum Gasteiger partial charge on any atom is -0.366 e. The van der Waals surface area contributed by atoms with E-state index in [4.69, 9.17) is 11.6 Å². The van der Waals surface area contributed by atoms with Crippen LogP contribution >= 0.6 is 11.6 Å². The summed E-state index contributed by atoms with van der Waals surface area (Å²) in [4.78, 5) is 9.02. The highest BCUT2D eigenvalue weighted by Gasteiger charge is 2.27. The SMILES string of the molecule is CS(=O)(=O)c1ccc(CNc2cc(Cl)nc(C3CC3)n2)cc1. The number of rotatable bonds is 5. The molecular formula is C15H16ClN3O2S. The summed E-state index contributed by atoms with van der Waals surface area (Å²) in [7, 11) is -3.16. The first kappa shape index (κ1) is 15.2. The van der Waals surface area contributed by atoms with Crippen molar-refractivity contribution < 1.29 is 8.42 Å². The summed E-state index contributed by atoms with van der Waals surface area (Å²) in [5.41, 5.74) is 0.968.